The Hall–Kier alpha value is -0.383. The van der Waals surface area contributed by atoms with E-state index in [1.165, 1.54) is 0 Å². The summed E-state index contributed by atoms with van der Waals surface area (Å²) in [6, 6.07) is 0. The van der Waals surface area contributed by atoms with E-state index in [0.29, 0.717) is 6.42 Å². The summed E-state index contributed by atoms with van der Waals surface area (Å²) in [6.45, 7) is 17.2. The Morgan fingerprint density at radius 3 is 2.33 bits per heavy atom. The van der Waals surface area contributed by atoms with Gasteiger partial charge in [-0.25, -0.2) is 0 Å². The van der Waals surface area contributed by atoms with Gasteiger partial charge in [0.1, 0.15) is 0 Å². The first-order valence-electron chi connectivity index (χ1n) is 8.25. The van der Waals surface area contributed by atoms with Crippen molar-refractivity contribution in [3.63, 3.8) is 0 Å². The molecule has 3 heteroatoms. The van der Waals surface area contributed by atoms with Gasteiger partial charge in [-0.15, -0.1) is 6.58 Å². The fraction of sp³-hybridized carbons (Fsp3) is 0.778. The fourth-order valence-electron chi connectivity index (χ4n) is 1.93. The number of rotatable bonds is 10. The maximum absolute atomic E-state index is 10.2. The zero-order chi connectivity index (χ0) is 16.5. The monoisotopic (exact) mass is 312 g/mol. The molecule has 0 rings (SSSR count). The van der Waals surface area contributed by atoms with Gasteiger partial charge < -0.3 is 9.53 Å². The molecule has 0 aliphatic carbocycles. The Morgan fingerprint density at radius 2 is 1.86 bits per heavy atom. The largest absolute Gasteiger partial charge is 0.414 e. The van der Waals surface area contributed by atoms with Gasteiger partial charge in [-0.05, 0) is 50.2 Å². The van der Waals surface area contributed by atoms with Crippen LogP contribution in [0.15, 0.2) is 24.8 Å². The van der Waals surface area contributed by atoms with Crippen molar-refractivity contribution in [2.45, 2.75) is 90.1 Å². The van der Waals surface area contributed by atoms with E-state index in [-0.39, 0.29) is 17.2 Å². The molecule has 0 bridgehead atoms. The molecule has 0 aromatic rings. The van der Waals surface area contributed by atoms with Crippen LogP contribution in [0.5, 0.6) is 0 Å². The van der Waals surface area contributed by atoms with E-state index in [1.807, 2.05) is 6.08 Å². The maximum Gasteiger partial charge on any atom is 0.192 e. The fourth-order valence-corrected chi connectivity index (χ4v) is 3.31. The highest BCUT2D eigenvalue weighted by atomic mass is 28.4. The van der Waals surface area contributed by atoms with Crippen molar-refractivity contribution in [3.05, 3.63) is 24.8 Å². The number of allylic oxidation sites excluding steroid dienone is 2. The standard InChI is InChI=1S/C18H36O2Si/c1-8-10-12-14-17(15-16(19)13-11-9-2)20-21(6,7)18(3,4)5/h9-10,12,16-17,19H,2,8,11,13-15H2,1,3-7H3/b12-10-/t16-,17-/m0/s1. The molecule has 0 aliphatic heterocycles. The van der Waals surface area contributed by atoms with Crippen LogP contribution in [0.1, 0.15) is 59.8 Å². The summed E-state index contributed by atoms with van der Waals surface area (Å²) >= 11 is 0. The van der Waals surface area contributed by atoms with E-state index in [0.717, 1.165) is 25.7 Å². The van der Waals surface area contributed by atoms with E-state index in [2.05, 4.69) is 59.5 Å². The Kier molecular flexibility index (Phi) is 9.42. The zero-order valence-electron chi connectivity index (χ0n) is 15.0. The molecule has 0 aromatic carbocycles. The molecule has 124 valence electrons. The lowest BCUT2D eigenvalue weighted by atomic mass is 10.0. The third kappa shape index (κ3) is 8.59. The second kappa shape index (κ2) is 9.60. The highest BCUT2D eigenvalue weighted by Gasteiger charge is 2.39. The summed E-state index contributed by atoms with van der Waals surface area (Å²) in [5.41, 5.74) is 0. The van der Waals surface area contributed by atoms with Crippen LogP contribution >= 0.6 is 0 Å². The molecule has 0 amide bonds. The molecule has 0 spiro atoms. The Morgan fingerprint density at radius 1 is 1.24 bits per heavy atom. The molecule has 0 saturated carbocycles. The molecule has 0 fully saturated rings. The number of aliphatic hydroxyl groups excluding tert-OH is 1. The van der Waals surface area contributed by atoms with Gasteiger partial charge in [0.15, 0.2) is 8.32 Å². The van der Waals surface area contributed by atoms with Crippen LogP contribution in [0.2, 0.25) is 18.1 Å². The molecule has 0 saturated heterocycles. The molecule has 2 atom stereocenters. The van der Waals surface area contributed by atoms with Gasteiger partial charge in [0, 0.05) is 0 Å². The van der Waals surface area contributed by atoms with Crippen molar-refractivity contribution < 1.29 is 9.53 Å². The molecule has 0 aromatic heterocycles. The van der Waals surface area contributed by atoms with Crippen LogP contribution in [0, 0.1) is 0 Å². The molecule has 0 heterocycles. The first-order valence-corrected chi connectivity index (χ1v) is 11.2. The number of aliphatic hydroxyl groups is 1. The van der Waals surface area contributed by atoms with Crippen LogP contribution in [-0.4, -0.2) is 25.6 Å². The zero-order valence-corrected chi connectivity index (χ0v) is 16.0. The normalized spacial score (nSPS) is 16.1. The highest BCUT2D eigenvalue weighted by molar-refractivity contribution is 6.74. The van der Waals surface area contributed by atoms with E-state index < -0.39 is 8.32 Å². The summed E-state index contributed by atoms with van der Waals surface area (Å²) in [6.07, 6.45) is 10.4. The van der Waals surface area contributed by atoms with E-state index in [9.17, 15) is 5.11 Å². The molecular formula is C18H36O2Si. The molecule has 1 N–H and O–H groups in total. The molecule has 0 unspecified atom stereocenters. The van der Waals surface area contributed by atoms with Crippen molar-refractivity contribution in [1.82, 2.24) is 0 Å². The SMILES string of the molecule is C=CCC[C@H](O)C[C@H](C/C=C\CC)O[Si](C)(C)C(C)(C)C. The molecule has 21 heavy (non-hydrogen) atoms. The smallest absolute Gasteiger partial charge is 0.192 e. The van der Waals surface area contributed by atoms with Crippen molar-refractivity contribution in [2.24, 2.45) is 0 Å². The molecule has 0 aliphatic rings. The average molecular weight is 313 g/mol. The second-order valence-corrected chi connectivity index (χ2v) is 12.1. The van der Waals surface area contributed by atoms with Gasteiger partial charge in [-0.3, -0.25) is 0 Å². The third-order valence-corrected chi connectivity index (χ3v) is 8.84. The molecule has 2 nitrogen and oxygen atoms in total. The van der Waals surface area contributed by atoms with Gasteiger partial charge in [0.2, 0.25) is 0 Å². The topological polar surface area (TPSA) is 29.5 Å². The van der Waals surface area contributed by atoms with E-state index in [1.54, 1.807) is 0 Å². The van der Waals surface area contributed by atoms with Gasteiger partial charge in [0.05, 0.1) is 12.2 Å². The van der Waals surface area contributed by atoms with Crippen LogP contribution in [0.25, 0.3) is 0 Å². The van der Waals surface area contributed by atoms with Crippen LogP contribution in [0.3, 0.4) is 0 Å². The van der Waals surface area contributed by atoms with E-state index in [4.69, 9.17) is 4.43 Å². The van der Waals surface area contributed by atoms with Crippen LogP contribution < -0.4 is 0 Å². The quantitative estimate of drug-likeness (QED) is 0.429. The minimum atomic E-state index is -1.79. The second-order valence-electron chi connectivity index (χ2n) is 7.37. The summed E-state index contributed by atoms with van der Waals surface area (Å²) < 4.78 is 6.50. The summed E-state index contributed by atoms with van der Waals surface area (Å²) in [7, 11) is -1.79. The summed E-state index contributed by atoms with van der Waals surface area (Å²) in [5.74, 6) is 0. The lowest BCUT2D eigenvalue weighted by Crippen LogP contribution is -2.44. The van der Waals surface area contributed by atoms with E-state index >= 15 is 0 Å². The van der Waals surface area contributed by atoms with Gasteiger partial charge in [-0.1, -0.05) is 45.9 Å². The lowest BCUT2D eigenvalue weighted by molar-refractivity contribution is 0.0831. The van der Waals surface area contributed by atoms with Crippen molar-refractivity contribution in [1.29, 1.82) is 0 Å². The predicted octanol–water partition coefficient (Wildman–Crippen LogP) is 5.45. The predicted molar refractivity (Wildman–Crippen MR) is 96.2 cm³/mol. The van der Waals surface area contributed by atoms with Crippen LogP contribution in [-0.2, 0) is 4.43 Å². The Bertz CT molecular complexity index is 316. The third-order valence-electron chi connectivity index (χ3n) is 4.31. The Labute approximate surface area is 133 Å². The van der Waals surface area contributed by atoms with Crippen molar-refractivity contribution in [2.75, 3.05) is 0 Å². The highest BCUT2D eigenvalue weighted by Crippen LogP contribution is 2.38. The van der Waals surface area contributed by atoms with Gasteiger partial charge >= 0.3 is 0 Å². The average Bonchev–Trinajstić information content (AvgIpc) is 2.34. The molecular weight excluding hydrogens is 276 g/mol. The van der Waals surface area contributed by atoms with Crippen LogP contribution in [0.4, 0.5) is 0 Å². The maximum atomic E-state index is 10.2. The Balaban J connectivity index is 4.73. The minimum absolute atomic E-state index is 0.119. The number of hydrogen-bond acceptors (Lipinski definition) is 2. The van der Waals surface area contributed by atoms with Gasteiger partial charge in [-0.2, -0.15) is 0 Å². The molecule has 0 radical (unpaired) electrons. The lowest BCUT2D eigenvalue weighted by Gasteiger charge is -2.39. The number of hydrogen-bond donors (Lipinski definition) is 1. The van der Waals surface area contributed by atoms with Crippen molar-refractivity contribution in [3.8, 4) is 0 Å². The van der Waals surface area contributed by atoms with Crippen molar-refractivity contribution >= 4 is 8.32 Å². The summed E-state index contributed by atoms with van der Waals surface area (Å²) in [4.78, 5) is 0. The minimum Gasteiger partial charge on any atom is -0.414 e. The summed E-state index contributed by atoms with van der Waals surface area (Å²) in [5, 5.41) is 10.4. The van der Waals surface area contributed by atoms with Gasteiger partial charge in [0.25, 0.3) is 0 Å². The first-order chi connectivity index (χ1) is 9.64. The first kappa shape index (κ1) is 20.6.